The fourth-order valence-electron chi connectivity index (χ4n) is 1.82. The first-order chi connectivity index (χ1) is 8.78. The number of halogens is 1. The molecule has 0 atom stereocenters. The molecule has 0 aromatic heterocycles. The van der Waals surface area contributed by atoms with E-state index in [4.69, 9.17) is 10.00 Å². The molecule has 0 fully saturated rings. The summed E-state index contributed by atoms with van der Waals surface area (Å²) >= 11 is 3.47. The van der Waals surface area contributed by atoms with Crippen LogP contribution in [0.25, 0.3) is 11.1 Å². The van der Waals surface area contributed by atoms with Gasteiger partial charge in [0.1, 0.15) is 5.75 Å². The van der Waals surface area contributed by atoms with Crippen molar-refractivity contribution in [3.05, 3.63) is 53.6 Å². The Kier molecular flexibility index (Phi) is 4.01. The highest BCUT2D eigenvalue weighted by Gasteiger charge is 2.06. The summed E-state index contributed by atoms with van der Waals surface area (Å²) in [5.41, 5.74) is 3.94. The van der Waals surface area contributed by atoms with Crippen molar-refractivity contribution < 1.29 is 4.74 Å². The lowest BCUT2D eigenvalue weighted by Gasteiger charge is -2.09. The zero-order valence-electron chi connectivity index (χ0n) is 9.98. The van der Waals surface area contributed by atoms with Crippen LogP contribution >= 0.6 is 15.9 Å². The van der Waals surface area contributed by atoms with Crippen molar-refractivity contribution in [1.29, 1.82) is 5.26 Å². The number of benzene rings is 2. The predicted molar refractivity (Wildman–Crippen MR) is 75.8 cm³/mol. The van der Waals surface area contributed by atoms with Gasteiger partial charge >= 0.3 is 0 Å². The topological polar surface area (TPSA) is 33.0 Å². The molecule has 2 aromatic carbocycles. The van der Waals surface area contributed by atoms with Crippen LogP contribution in [0.15, 0.2) is 42.5 Å². The number of nitrogens with zero attached hydrogens (tertiary/aromatic N) is 1. The van der Waals surface area contributed by atoms with Gasteiger partial charge in [-0.25, -0.2) is 0 Å². The van der Waals surface area contributed by atoms with E-state index in [0.29, 0.717) is 5.56 Å². The standard InChI is InChI=1S/C15H12BrNO/c1-18-14-4-2-3-12(8-14)15-7-11(10-17)5-6-13(15)9-16/h2-8H,9H2,1H3. The fraction of sp³-hybridized carbons (Fsp3) is 0.133. The van der Waals surface area contributed by atoms with Crippen LogP contribution in [0.4, 0.5) is 0 Å². The van der Waals surface area contributed by atoms with Gasteiger partial charge in [-0.1, -0.05) is 34.1 Å². The molecule has 18 heavy (non-hydrogen) atoms. The van der Waals surface area contributed by atoms with Gasteiger partial charge in [0.25, 0.3) is 0 Å². The van der Waals surface area contributed by atoms with E-state index in [1.807, 2.05) is 42.5 Å². The quantitative estimate of drug-likeness (QED) is 0.799. The van der Waals surface area contributed by atoms with Crippen molar-refractivity contribution in [2.45, 2.75) is 5.33 Å². The lowest BCUT2D eigenvalue weighted by Crippen LogP contribution is -1.89. The summed E-state index contributed by atoms with van der Waals surface area (Å²) in [4.78, 5) is 0. The summed E-state index contributed by atoms with van der Waals surface area (Å²) in [6.45, 7) is 0. The third-order valence-corrected chi connectivity index (χ3v) is 3.37. The molecule has 0 aliphatic rings. The van der Waals surface area contributed by atoms with E-state index in [2.05, 4.69) is 22.0 Å². The van der Waals surface area contributed by atoms with Crippen molar-refractivity contribution in [2.24, 2.45) is 0 Å². The zero-order valence-corrected chi connectivity index (χ0v) is 11.6. The number of rotatable bonds is 3. The zero-order chi connectivity index (χ0) is 13.0. The Morgan fingerprint density at radius 3 is 2.72 bits per heavy atom. The smallest absolute Gasteiger partial charge is 0.119 e. The Labute approximate surface area is 115 Å². The number of alkyl halides is 1. The molecule has 2 aromatic rings. The van der Waals surface area contributed by atoms with Gasteiger partial charge in [0.2, 0.25) is 0 Å². The van der Waals surface area contributed by atoms with Gasteiger partial charge < -0.3 is 4.74 Å². The van der Waals surface area contributed by atoms with E-state index in [-0.39, 0.29) is 0 Å². The summed E-state index contributed by atoms with van der Waals surface area (Å²) in [6.07, 6.45) is 0. The van der Waals surface area contributed by atoms with Gasteiger partial charge in [-0.3, -0.25) is 0 Å². The Morgan fingerprint density at radius 1 is 1.22 bits per heavy atom. The van der Waals surface area contributed by atoms with E-state index in [9.17, 15) is 0 Å². The van der Waals surface area contributed by atoms with Crippen LogP contribution in [0.2, 0.25) is 0 Å². The molecule has 3 heteroatoms. The minimum Gasteiger partial charge on any atom is -0.497 e. The second-order valence-electron chi connectivity index (χ2n) is 3.85. The molecule has 90 valence electrons. The van der Waals surface area contributed by atoms with Gasteiger partial charge in [-0.15, -0.1) is 0 Å². The molecular formula is C15H12BrNO. The van der Waals surface area contributed by atoms with Crippen molar-refractivity contribution in [3.63, 3.8) is 0 Å². The second kappa shape index (κ2) is 5.70. The van der Waals surface area contributed by atoms with Crippen LogP contribution in [0.5, 0.6) is 5.75 Å². The predicted octanol–water partition coefficient (Wildman–Crippen LogP) is 4.13. The normalized spacial score (nSPS) is 9.83. The number of methoxy groups -OCH3 is 1. The third kappa shape index (κ3) is 2.55. The number of hydrogen-bond donors (Lipinski definition) is 0. The molecule has 0 N–H and O–H groups in total. The van der Waals surface area contributed by atoms with E-state index in [1.54, 1.807) is 7.11 Å². The maximum Gasteiger partial charge on any atom is 0.119 e. The van der Waals surface area contributed by atoms with E-state index >= 15 is 0 Å². The van der Waals surface area contributed by atoms with Crippen LogP contribution in [-0.2, 0) is 5.33 Å². The highest BCUT2D eigenvalue weighted by Crippen LogP contribution is 2.29. The maximum atomic E-state index is 8.99. The molecule has 2 nitrogen and oxygen atoms in total. The Hall–Kier alpha value is -1.79. The Balaban J connectivity index is 2.57. The average molecular weight is 302 g/mol. The SMILES string of the molecule is COc1cccc(-c2cc(C#N)ccc2CBr)c1. The summed E-state index contributed by atoms with van der Waals surface area (Å²) in [5.74, 6) is 0.815. The van der Waals surface area contributed by atoms with Crippen LogP contribution in [0, 0.1) is 11.3 Å². The summed E-state index contributed by atoms with van der Waals surface area (Å²) < 4.78 is 5.23. The number of ether oxygens (including phenoxy) is 1. The van der Waals surface area contributed by atoms with Gasteiger partial charge in [0, 0.05) is 5.33 Å². The largest absolute Gasteiger partial charge is 0.497 e. The monoisotopic (exact) mass is 301 g/mol. The summed E-state index contributed by atoms with van der Waals surface area (Å²) in [6, 6.07) is 15.7. The maximum absolute atomic E-state index is 8.99. The van der Waals surface area contributed by atoms with Crippen molar-refractivity contribution >= 4 is 15.9 Å². The molecule has 0 saturated carbocycles. The first-order valence-corrected chi connectivity index (χ1v) is 6.64. The average Bonchev–Trinajstić information content (AvgIpc) is 2.46. The Bertz CT molecular complexity index is 602. The van der Waals surface area contributed by atoms with E-state index in [1.165, 1.54) is 0 Å². The molecule has 0 heterocycles. The molecule has 2 rings (SSSR count). The van der Waals surface area contributed by atoms with Crippen LogP contribution in [0.3, 0.4) is 0 Å². The van der Waals surface area contributed by atoms with Crippen LogP contribution in [-0.4, -0.2) is 7.11 Å². The first-order valence-electron chi connectivity index (χ1n) is 5.52. The second-order valence-corrected chi connectivity index (χ2v) is 4.41. The summed E-state index contributed by atoms with van der Waals surface area (Å²) in [5, 5.41) is 9.74. The molecule has 0 aliphatic heterocycles. The van der Waals surface area contributed by atoms with Gasteiger partial charge in [0.15, 0.2) is 0 Å². The molecule has 0 unspecified atom stereocenters. The van der Waals surface area contributed by atoms with Gasteiger partial charge in [-0.05, 0) is 41.0 Å². The Morgan fingerprint density at radius 2 is 2.06 bits per heavy atom. The van der Waals surface area contributed by atoms with Gasteiger partial charge in [0.05, 0.1) is 18.7 Å². The molecule has 0 amide bonds. The molecular weight excluding hydrogens is 290 g/mol. The minimum absolute atomic E-state index is 0.664. The molecule has 0 saturated heterocycles. The molecule has 0 spiro atoms. The van der Waals surface area contributed by atoms with Crippen LogP contribution in [0.1, 0.15) is 11.1 Å². The van der Waals surface area contributed by atoms with Crippen LogP contribution < -0.4 is 4.74 Å². The van der Waals surface area contributed by atoms with Crippen molar-refractivity contribution in [1.82, 2.24) is 0 Å². The van der Waals surface area contributed by atoms with Crippen molar-refractivity contribution in [3.8, 4) is 22.9 Å². The fourth-order valence-corrected chi connectivity index (χ4v) is 2.31. The first kappa shape index (κ1) is 12.7. The van der Waals surface area contributed by atoms with Gasteiger partial charge in [-0.2, -0.15) is 5.26 Å². The van der Waals surface area contributed by atoms with E-state index in [0.717, 1.165) is 27.8 Å². The van der Waals surface area contributed by atoms with Crippen molar-refractivity contribution in [2.75, 3.05) is 7.11 Å². The molecule has 0 aliphatic carbocycles. The summed E-state index contributed by atoms with van der Waals surface area (Å²) in [7, 11) is 1.65. The number of nitriles is 1. The third-order valence-electron chi connectivity index (χ3n) is 2.76. The number of hydrogen-bond acceptors (Lipinski definition) is 2. The lowest BCUT2D eigenvalue weighted by atomic mass is 9.98. The minimum atomic E-state index is 0.664. The highest BCUT2D eigenvalue weighted by atomic mass is 79.9. The molecule has 0 bridgehead atoms. The van der Waals surface area contributed by atoms with E-state index < -0.39 is 0 Å². The highest BCUT2D eigenvalue weighted by molar-refractivity contribution is 9.08. The molecule has 0 radical (unpaired) electrons. The lowest BCUT2D eigenvalue weighted by molar-refractivity contribution is 0.415.